The van der Waals surface area contributed by atoms with E-state index in [1.165, 1.54) is 16.2 Å². The number of benzene rings is 2. The first-order valence-corrected chi connectivity index (χ1v) is 9.03. The molecule has 2 aromatic carbocycles. The maximum atomic E-state index is 12.5. The van der Waals surface area contributed by atoms with Crippen LogP contribution >= 0.6 is 0 Å². The lowest BCUT2D eigenvalue weighted by Gasteiger charge is -2.13. The fraction of sp³-hybridized carbons (Fsp3) is 0.300. The maximum absolute atomic E-state index is 12.5. The average molecular weight is 382 g/mol. The molecule has 1 heterocycles. The van der Waals surface area contributed by atoms with Crippen molar-refractivity contribution in [3.63, 3.8) is 0 Å². The van der Waals surface area contributed by atoms with Crippen molar-refractivity contribution in [3.05, 3.63) is 57.5 Å². The van der Waals surface area contributed by atoms with Gasteiger partial charge in [0.2, 0.25) is 0 Å². The summed E-state index contributed by atoms with van der Waals surface area (Å²) in [7, 11) is 1.69. The van der Waals surface area contributed by atoms with Crippen LogP contribution < -0.4 is 11.4 Å². The summed E-state index contributed by atoms with van der Waals surface area (Å²) >= 11 is 0. The van der Waals surface area contributed by atoms with E-state index in [9.17, 15) is 15.0 Å². The smallest absolute Gasteiger partial charge is 0.348 e. The fourth-order valence-corrected chi connectivity index (χ4v) is 3.72. The number of ether oxygens (including phenoxy) is 1. The molecule has 0 spiro atoms. The van der Waals surface area contributed by atoms with Crippen molar-refractivity contribution in [2.75, 3.05) is 7.11 Å². The molecular formula is C20H22N4O4. The molecule has 0 fully saturated rings. The summed E-state index contributed by atoms with van der Waals surface area (Å²) in [6, 6.07) is 8.08. The minimum atomic E-state index is -0.454. The summed E-state index contributed by atoms with van der Waals surface area (Å²) in [5.74, 6) is -0.0581. The molecule has 8 heteroatoms. The summed E-state index contributed by atoms with van der Waals surface area (Å²) in [5, 5.41) is 26.9. The van der Waals surface area contributed by atoms with Crippen molar-refractivity contribution in [1.29, 1.82) is 0 Å². The molecular weight excluding hydrogens is 360 g/mol. The van der Waals surface area contributed by atoms with Crippen LogP contribution in [0.5, 0.6) is 11.5 Å². The molecule has 4 rings (SSSR count). The van der Waals surface area contributed by atoms with Gasteiger partial charge in [-0.3, -0.25) is 0 Å². The van der Waals surface area contributed by atoms with Crippen LogP contribution in [0.25, 0.3) is 17.1 Å². The van der Waals surface area contributed by atoms with Gasteiger partial charge in [0, 0.05) is 24.8 Å². The Balaban J connectivity index is 1.85. The van der Waals surface area contributed by atoms with Gasteiger partial charge in [-0.2, -0.15) is 5.10 Å². The zero-order valence-electron chi connectivity index (χ0n) is 15.6. The molecule has 3 aromatic rings. The van der Waals surface area contributed by atoms with Gasteiger partial charge < -0.3 is 20.7 Å². The Labute approximate surface area is 161 Å². The van der Waals surface area contributed by atoms with E-state index >= 15 is 0 Å². The first-order valence-electron chi connectivity index (χ1n) is 9.03. The van der Waals surface area contributed by atoms with Crippen molar-refractivity contribution < 1.29 is 14.9 Å². The molecule has 0 bridgehead atoms. The van der Waals surface area contributed by atoms with Crippen LogP contribution in [0, 0.1) is 0 Å². The quantitative estimate of drug-likeness (QED) is 0.545. The van der Waals surface area contributed by atoms with Gasteiger partial charge in [0.1, 0.15) is 11.5 Å². The number of hydrogen-bond acceptors (Lipinski definition) is 6. The van der Waals surface area contributed by atoms with Crippen LogP contribution in [0.15, 0.2) is 35.1 Å². The summed E-state index contributed by atoms with van der Waals surface area (Å²) in [6.45, 7) is 1.72. The number of phenolic OH excluding ortho intramolecular Hbond substituents is 2. The Hall–Kier alpha value is -3.10. The van der Waals surface area contributed by atoms with E-state index in [0.717, 1.165) is 18.4 Å². The van der Waals surface area contributed by atoms with Crippen molar-refractivity contribution in [2.24, 2.45) is 5.73 Å². The maximum Gasteiger partial charge on any atom is 0.348 e. The van der Waals surface area contributed by atoms with Crippen LogP contribution in [-0.4, -0.2) is 38.2 Å². The average Bonchev–Trinajstić information content (AvgIpc) is 3.23. The number of phenols is 2. The Morgan fingerprint density at radius 1 is 1.21 bits per heavy atom. The van der Waals surface area contributed by atoms with E-state index in [0.29, 0.717) is 16.8 Å². The number of aromatic hydroxyl groups is 2. The highest BCUT2D eigenvalue weighted by Gasteiger charge is 2.24. The number of aromatic amines is 1. The van der Waals surface area contributed by atoms with Gasteiger partial charge in [-0.15, -0.1) is 0 Å². The van der Waals surface area contributed by atoms with Crippen LogP contribution in [0.2, 0.25) is 0 Å². The van der Waals surface area contributed by atoms with Crippen molar-refractivity contribution >= 4 is 0 Å². The topological polar surface area (TPSA) is 126 Å². The van der Waals surface area contributed by atoms with Crippen LogP contribution in [-0.2, 0) is 17.6 Å². The Bertz CT molecular complexity index is 1100. The van der Waals surface area contributed by atoms with E-state index in [4.69, 9.17) is 10.5 Å². The third-order valence-electron chi connectivity index (χ3n) is 5.23. The number of fused-ring (bicyclic) bond motifs is 1. The van der Waals surface area contributed by atoms with Crippen LogP contribution in [0.4, 0.5) is 0 Å². The van der Waals surface area contributed by atoms with Crippen molar-refractivity contribution in [1.82, 2.24) is 14.8 Å². The molecule has 146 valence electrons. The van der Waals surface area contributed by atoms with Crippen molar-refractivity contribution in [3.8, 4) is 28.6 Å². The minimum absolute atomic E-state index is 0.108. The number of nitrogens with zero attached hydrogens (tertiary/aromatic N) is 2. The van der Waals surface area contributed by atoms with E-state index in [-0.39, 0.29) is 23.4 Å². The second-order valence-electron chi connectivity index (χ2n) is 7.12. The molecule has 1 aliphatic rings. The molecule has 8 nitrogen and oxygen atoms in total. The van der Waals surface area contributed by atoms with Gasteiger partial charge in [0.15, 0.2) is 5.82 Å². The standard InChI is InChI=1S/C20H22N4O4/c1-10(21)15-8-16(18(26)9-17(15)25)19-22-23-20(27)24(19)13-4-3-11-6-14(28-2)7-12(11)5-13/h3-5,8-10,14,25-26H,6-7,21H2,1-2H3,(H,23,27). The summed E-state index contributed by atoms with van der Waals surface area (Å²) < 4.78 is 6.85. The number of rotatable bonds is 4. The first kappa shape index (κ1) is 18.3. The van der Waals surface area contributed by atoms with E-state index in [1.54, 1.807) is 20.1 Å². The largest absolute Gasteiger partial charge is 0.507 e. The van der Waals surface area contributed by atoms with Gasteiger partial charge in [0.05, 0.1) is 17.4 Å². The summed E-state index contributed by atoms with van der Waals surface area (Å²) in [4.78, 5) is 12.5. The monoisotopic (exact) mass is 382 g/mol. The van der Waals surface area contributed by atoms with Gasteiger partial charge in [-0.05, 0) is 49.1 Å². The number of methoxy groups -OCH3 is 1. The summed E-state index contributed by atoms with van der Waals surface area (Å²) in [5.41, 5.74) is 9.19. The lowest BCUT2D eigenvalue weighted by atomic mass is 10.0. The van der Waals surface area contributed by atoms with Gasteiger partial charge >= 0.3 is 5.69 Å². The Kier molecular flexibility index (Phi) is 4.44. The minimum Gasteiger partial charge on any atom is -0.507 e. The molecule has 0 amide bonds. The van der Waals surface area contributed by atoms with Crippen LogP contribution in [0.1, 0.15) is 29.7 Å². The lowest BCUT2D eigenvalue weighted by molar-refractivity contribution is 0.112. The second-order valence-corrected chi connectivity index (χ2v) is 7.12. The molecule has 2 unspecified atom stereocenters. The van der Waals surface area contributed by atoms with E-state index in [1.807, 2.05) is 18.2 Å². The van der Waals surface area contributed by atoms with Gasteiger partial charge in [0.25, 0.3) is 0 Å². The zero-order chi connectivity index (χ0) is 20.0. The van der Waals surface area contributed by atoms with E-state index < -0.39 is 11.7 Å². The number of nitrogens with one attached hydrogen (secondary N) is 1. The normalized spacial score (nSPS) is 16.9. The van der Waals surface area contributed by atoms with Gasteiger partial charge in [-0.1, -0.05) is 6.07 Å². The molecule has 28 heavy (non-hydrogen) atoms. The highest BCUT2D eigenvalue weighted by atomic mass is 16.5. The van der Waals surface area contributed by atoms with Crippen LogP contribution in [0.3, 0.4) is 0 Å². The predicted octanol–water partition coefficient (Wildman–Crippen LogP) is 1.77. The number of hydrogen-bond donors (Lipinski definition) is 4. The SMILES string of the molecule is COC1Cc2ccc(-n3c(-c4cc(C(C)N)c(O)cc4O)n[nH]c3=O)cc2C1. The highest BCUT2D eigenvalue weighted by Crippen LogP contribution is 2.36. The molecule has 1 aromatic heterocycles. The Morgan fingerprint density at radius 2 is 1.96 bits per heavy atom. The molecule has 0 saturated carbocycles. The molecule has 5 N–H and O–H groups in total. The number of nitrogens with two attached hydrogens (primary N) is 1. The number of H-pyrrole nitrogens is 1. The Morgan fingerprint density at radius 3 is 2.68 bits per heavy atom. The lowest BCUT2D eigenvalue weighted by Crippen LogP contribution is -2.16. The molecule has 0 saturated heterocycles. The predicted molar refractivity (Wildman–Crippen MR) is 104 cm³/mol. The summed E-state index contributed by atoms with van der Waals surface area (Å²) in [6.07, 6.45) is 1.76. The fourth-order valence-electron chi connectivity index (χ4n) is 3.72. The third-order valence-corrected chi connectivity index (χ3v) is 5.23. The zero-order valence-corrected chi connectivity index (χ0v) is 15.6. The highest BCUT2D eigenvalue weighted by molar-refractivity contribution is 5.69. The van der Waals surface area contributed by atoms with Gasteiger partial charge in [-0.25, -0.2) is 14.5 Å². The van der Waals surface area contributed by atoms with E-state index in [2.05, 4.69) is 10.2 Å². The second kappa shape index (κ2) is 6.81. The number of aromatic nitrogens is 3. The van der Waals surface area contributed by atoms with Crippen molar-refractivity contribution in [2.45, 2.75) is 31.9 Å². The molecule has 1 aliphatic carbocycles. The molecule has 0 aliphatic heterocycles. The third kappa shape index (κ3) is 2.96. The first-order chi connectivity index (χ1) is 13.4. The molecule has 2 atom stereocenters. The molecule has 0 radical (unpaired) electrons.